The number of likely N-dealkylation sites (N-methyl/N-ethyl adjacent to an activating group) is 1. The van der Waals surface area contributed by atoms with Gasteiger partial charge in [-0.1, -0.05) is 42.5 Å². The number of amides is 2. The topological polar surface area (TPSA) is 49.4 Å². The number of nitrogens with one attached hydrogen (secondary N) is 1. The molecule has 0 aromatic heterocycles. The molecule has 2 atom stereocenters. The molecule has 1 fully saturated rings. The van der Waals surface area contributed by atoms with Crippen LogP contribution in [0.15, 0.2) is 42.5 Å². The third-order valence-electron chi connectivity index (χ3n) is 4.12. The molecule has 3 rings (SSSR count). The summed E-state index contributed by atoms with van der Waals surface area (Å²) in [4.78, 5) is 24.8. The van der Waals surface area contributed by atoms with E-state index < -0.39 is 6.04 Å². The minimum Gasteiger partial charge on any atom is -0.299 e. The van der Waals surface area contributed by atoms with Crippen molar-refractivity contribution in [2.75, 3.05) is 7.05 Å². The van der Waals surface area contributed by atoms with E-state index in [1.54, 1.807) is 0 Å². The lowest BCUT2D eigenvalue weighted by molar-refractivity contribution is -0.137. The van der Waals surface area contributed by atoms with Gasteiger partial charge >= 0.3 is 0 Å². The van der Waals surface area contributed by atoms with Gasteiger partial charge in [-0.25, -0.2) is 0 Å². The number of carbonyl (C=O) groups is 2. The zero-order valence-electron chi connectivity index (χ0n) is 12.2. The Hall–Kier alpha value is -2.20. The average Bonchev–Trinajstić information content (AvgIpc) is 2.74. The molecule has 0 aliphatic carbocycles. The minimum absolute atomic E-state index is 0.00403. The van der Waals surface area contributed by atoms with Crippen LogP contribution in [0, 0.1) is 0 Å². The molecule has 0 saturated carbocycles. The van der Waals surface area contributed by atoms with Crippen molar-refractivity contribution in [3.63, 3.8) is 0 Å². The van der Waals surface area contributed by atoms with Crippen LogP contribution in [-0.2, 0) is 9.59 Å². The molecule has 108 valence electrons. The highest BCUT2D eigenvalue weighted by molar-refractivity contribution is 6.05. The molecule has 1 aliphatic rings. The molecule has 2 aromatic carbocycles. The fourth-order valence-corrected chi connectivity index (χ4v) is 2.91. The molecule has 1 saturated heterocycles. The predicted octanol–water partition coefficient (Wildman–Crippen LogP) is 2.25. The quantitative estimate of drug-likeness (QED) is 0.878. The Bertz CT molecular complexity index is 706. The van der Waals surface area contributed by atoms with Gasteiger partial charge in [-0.15, -0.1) is 0 Å². The summed E-state index contributed by atoms with van der Waals surface area (Å²) in [6.45, 7) is 2.03. The molecular formula is C17H18N2O2. The van der Waals surface area contributed by atoms with E-state index >= 15 is 0 Å². The van der Waals surface area contributed by atoms with Gasteiger partial charge in [0.1, 0.15) is 0 Å². The monoisotopic (exact) mass is 282 g/mol. The second-order valence-electron chi connectivity index (χ2n) is 5.50. The molecule has 2 unspecified atom stereocenters. The molecule has 21 heavy (non-hydrogen) atoms. The van der Waals surface area contributed by atoms with Crippen molar-refractivity contribution in [2.45, 2.75) is 25.4 Å². The molecule has 1 N–H and O–H groups in total. The van der Waals surface area contributed by atoms with Gasteiger partial charge in [0, 0.05) is 13.1 Å². The van der Waals surface area contributed by atoms with Gasteiger partial charge in [0.15, 0.2) is 0 Å². The van der Waals surface area contributed by atoms with Crippen LogP contribution in [0.25, 0.3) is 10.8 Å². The number of imide groups is 1. The smallest absolute Gasteiger partial charge is 0.246 e. The number of likely N-dealkylation sites (tertiary alicyclic amines) is 1. The van der Waals surface area contributed by atoms with Crippen molar-refractivity contribution >= 4 is 22.6 Å². The van der Waals surface area contributed by atoms with Crippen LogP contribution in [0.3, 0.4) is 0 Å². The number of rotatable bonds is 3. The minimum atomic E-state index is -0.420. The van der Waals surface area contributed by atoms with E-state index in [1.807, 2.05) is 25.1 Å². The van der Waals surface area contributed by atoms with Crippen LogP contribution in [0.2, 0.25) is 0 Å². The SMILES string of the molecule is CC(NC1CC(=O)N(C)C1=O)c1cccc2ccccc12. The average molecular weight is 282 g/mol. The zero-order valence-corrected chi connectivity index (χ0v) is 12.2. The number of benzene rings is 2. The summed E-state index contributed by atoms with van der Waals surface area (Å²) in [6.07, 6.45) is 0.241. The van der Waals surface area contributed by atoms with Gasteiger partial charge in [-0.05, 0) is 23.3 Å². The fourth-order valence-electron chi connectivity index (χ4n) is 2.91. The van der Waals surface area contributed by atoms with Crippen molar-refractivity contribution < 1.29 is 9.59 Å². The van der Waals surface area contributed by atoms with Crippen molar-refractivity contribution in [1.82, 2.24) is 10.2 Å². The Morgan fingerprint density at radius 2 is 1.86 bits per heavy atom. The van der Waals surface area contributed by atoms with Gasteiger partial charge in [0.25, 0.3) is 0 Å². The first kappa shape index (κ1) is 13.8. The maximum absolute atomic E-state index is 12.0. The highest BCUT2D eigenvalue weighted by Gasteiger charge is 2.36. The van der Waals surface area contributed by atoms with Crippen molar-refractivity contribution in [2.24, 2.45) is 0 Å². The number of nitrogens with zero attached hydrogens (tertiary/aromatic N) is 1. The number of carbonyl (C=O) groups excluding carboxylic acids is 2. The van der Waals surface area contributed by atoms with E-state index in [0.717, 1.165) is 5.56 Å². The molecule has 0 bridgehead atoms. The highest BCUT2D eigenvalue weighted by atomic mass is 16.2. The summed E-state index contributed by atoms with van der Waals surface area (Å²) >= 11 is 0. The summed E-state index contributed by atoms with van der Waals surface area (Å²) in [5.41, 5.74) is 1.14. The molecular weight excluding hydrogens is 264 g/mol. The third-order valence-corrected chi connectivity index (χ3v) is 4.12. The Kier molecular flexibility index (Phi) is 3.47. The zero-order chi connectivity index (χ0) is 15.0. The van der Waals surface area contributed by atoms with E-state index in [1.165, 1.54) is 22.7 Å². The number of hydrogen-bond donors (Lipinski definition) is 1. The summed E-state index contributed by atoms with van der Waals surface area (Å²) < 4.78 is 0. The maximum atomic E-state index is 12.0. The Morgan fingerprint density at radius 1 is 1.14 bits per heavy atom. The van der Waals surface area contributed by atoms with Crippen LogP contribution in [0.5, 0.6) is 0 Å². The second kappa shape index (κ2) is 5.30. The molecule has 1 aliphatic heterocycles. The normalized spacial score (nSPS) is 20.3. The van der Waals surface area contributed by atoms with Gasteiger partial charge in [-0.2, -0.15) is 0 Å². The van der Waals surface area contributed by atoms with E-state index in [2.05, 4.69) is 29.6 Å². The lowest BCUT2D eigenvalue weighted by Gasteiger charge is -2.20. The van der Waals surface area contributed by atoms with Crippen LogP contribution < -0.4 is 5.32 Å². The van der Waals surface area contributed by atoms with E-state index in [9.17, 15) is 9.59 Å². The van der Waals surface area contributed by atoms with Crippen LogP contribution in [0.4, 0.5) is 0 Å². The van der Waals surface area contributed by atoms with Crippen LogP contribution >= 0.6 is 0 Å². The molecule has 4 nitrogen and oxygen atoms in total. The first-order valence-corrected chi connectivity index (χ1v) is 7.12. The molecule has 0 radical (unpaired) electrons. The fraction of sp³-hybridized carbons (Fsp3) is 0.294. The van der Waals surface area contributed by atoms with Gasteiger partial charge in [-0.3, -0.25) is 19.8 Å². The molecule has 0 spiro atoms. The standard InChI is InChI=1S/C17H18N2O2/c1-11(18-15-10-16(20)19(2)17(15)21)13-9-5-7-12-6-3-4-8-14(12)13/h3-9,11,15,18H,10H2,1-2H3. The third kappa shape index (κ3) is 2.43. The van der Waals surface area contributed by atoms with Gasteiger partial charge in [0.2, 0.25) is 11.8 Å². The first-order chi connectivity index (χ1) is 10.1. The second-order valence-corrected chi connectivity index (χ2v) is 5.50. The van der Waals surface area contributed by atoms with Gasteiger partial charge in [0.05, 0.1) is 12.5 Å². The lowest BCUT2D eigenvalue weighted by atomic mass is 9.99. The van der Waals surface area contributed by atoms with Crippen LogP contribution in [0.1, 0.15) is 24.9 Å². The highest BCUT2D eigenvalue weighted by Crippen LogP contribution is 2.25. The molecule has 2 aromatic rings. The molecule has 4 heteroatoms. The van der Waals surface area contributed by atoms with Crippen molar-refractivity contribution in [1.29, 1.82) is 0 Å². The van der Waals surface area contributed by atoms with E-state index in [0.29, 0.717) is 0 Å². The predicted molar refractivity (Wildman–Crippen MR) is 81.7 cm³/mol. The lowest BCUT2D eigenvalue weighted by Crippen LogP contribution is -2.38. The van der Waals surface area contributed by atoms with E-state index in [4.69, 9.17) is 0 Å². The Labute approximate surface area is 123 Å². The van der Waals surface area contributed by atoms with Crippen LogP contribution in [-0.4, -0.2) is 29.8 Å². The summed E-state index contributed by atoms with van der Waals surface area (Å²) in [7, 11) is 1.54. The Morgan fingerprint density at radius 3 is 2.57 bits per heavy atom. The van der Waals surface area contributed by atoms with Gasteiger partial charge < -0.3 is 0 Å². The number of fused-ring (bicyclic) bond motifs is 1. The molecule has 1 heterocycles. The summed E-state index contributed by atoms with van der Waals surface area (Å²) in [5, 5.41) is 5.63. The first-order valence-electron chi connectivity index (χ1n) is 7.12. The maximum Gasteiger partial charge on any atom is 0.246 e. The van der Waals surface area contributed by atoms with E-state index in [-0.39, 0.29) is 24.3 Å². The Balaban J connectivity index is 1.86. The summed E-state index contributed by atoms with van der Waals surface area (Å²) in [6, 6.07) is 13.9. The molecule has 2 amide bonds. The number of hydrogen-bond acceptors (Lipinski definition) is 3. The van der Waals surface area contributed by atoms with Crippen molar-refractivity contribution in [3.8, 4) is 0 Å². The summed E-state index contributed by atoms with van der Waals surface area (Å²) in [5.74, 6) is -0.269. The largest absolute Gasteiger partial charge is 0.299 e. The van der Waals surface area contributed by atoms with Crippen molar-refractivity contribution in [3.05, 3.63) is 48.0 Å².